The first-order chi connectivity index (χ1) is 15.5. The highest BCUT2D eigenvalue weighted by Gasteiger charge is 2.32. The van der Waals surface area contributed by atoms with E-state index in [1.165, 1.54) is 31.1 Å². The maximum Gasteiger partial charge on any atom is 0.304 e. The van der Waals surface area contributed by atoms with E-state index in [1.807, 2.05) is 24.3 Å². The van der Waals surface area contributed by atoms with Crippen molar-refractivity contribution in [1.29, 1.82) is 0 Å². The summed E-state index contributed by atoms with van der Waals surface area (Å²) in [7, 11) is -1.40. The minimum Gasteiger partial charge on any atom is -0.355 e. The molecule has 0 heterocycles. The van der Waals surface area contributed by atoms with Crippen molar-refractivity contribution in [3.05, 3.63) is 64.4 Å². The number of rotatable bonds is 10. The Balaban J connectivity index is 2.43. The number of anilines is 1. The van der Waals surface area contributed by atoms with E-state index in [9.17, 15) is 22.4 Å². The first-order valence-corrected chi connectivity index (χ1v) is 12.4. The van der Waals surface area contributed by atoms with Crippen molar-refractivity contribution in [1.82, 2.24) is 14.5 Å². The Hall–Kier alpha value is -2.50. The molecule has 8 nitrogen and oxygen atoms in total. The molecule has 2 amide bonds. The Labute approximate surface area is 202 Å². The molecule has 1 atom stereocenters. The van der Waals surface area contributed by atoms with Gasteiger partial charge in [0.2, 0.25) is 11.8 Å². The zero-order valence-electron chi connectivity index (χ0n) is 19.0. The number of amides is 2. The third-order valence-electron chi connectivity index (χ3n) is 4.92. The van der Waals surface area contributed by atoms with Crippen molar-refractivity contribution in [3.63, 3.8) is 0 Å². The molecule has 0 aliphatic heterocycles. The van der Waals surface area contributed by atoms with Gasteiger partial charge in [0.25, 0.3) is 0 Å². The fourth-order valence-electron chi connectivity index (χ4n) is 3.02. The topological polar surface area (TPSA) is 90.0 Å². The summed E-state index contributed by atoms with van der Waals surface area (Å²) in [4.78, 5) is 27.3. The minimum atomic E-state index is -4.08. The van der Waals surface area contributed by atoms with Gasteiger partial charge >= 0.3 is 10.2 Å². The first-order valence-electron chi connectivity index (χ1n) is 10.2. The van der Waals surface area contributed by atoms with Crippen LogP contribution >= 0.6 is 15.9 Å². The molecule has 0 spiro atoms. The Morgan fingerprint density at radius 1 is 1.06 bits per heavy atom. The van der Waals surface area contributed by atoms with Crippen LogP contribution in [0.2, 0.25) is 0 Å². The van der Waals surface area contributed by atoms with E-state index < -0.39 is 34.5 Å². The van der Waals surface area contributed by atoms with Gasteiger partial charge in [-0.05, 0) is 55.8 Å². The lowest BCUT2D eigenvalue weighted by molar-refractivity contribution is -0.139. The third-order valence-corrected chi connectivity index (χ3v) is 7.27. The average molecular weight is 543 g/mol. The van der Waals surface area contributed by atoms with Crippen LogP contribution in [-0.4, -0.2) is 62.7 Å². The van der Waals surface area contributed by atoms with Crippen LogP contribution in [0.4, 0.5) is 10.1 Å². The summed E-state index contributed by atoms with van der Waals surface area (Å²) in [5.41, 5.74) is 0.902. The fourth-order valence-corrected chi connectivity index (χ4v) is 4.34. The van der Waals surface area contributed by atoms with Crippen molar-refractivity contribution in [2.45, 2.75) is 26.4 Å². The number of carbonyl (C=O) groups excluding carboxylic acids is 2. The number of benzene rings is 2. The number of nitrogens with zero attached hydrogens (tertiary/aromatic N) is 3. The second kappa shape index (κ2) is 11.6. The molecule has 0 aliphatic rings. The van der Waals surface area contributed by atoms with E-state index in [4.69, 9.17) is 0 Å². The molecule has 0 saturated carbocycles. The molecule has 2 rings (SSSR count). The fraction of sp³-hybridized carbons (Fsp3) is 0.364. The monoisotopic (exact) mass is 542 g/mol. The third kappa shape index (κ3) is 6.99. The SMILES string of the molecule is CCNC(=O)[C@@H](C)N(Cc1ccc(Br)cc1)C(=O)CN(c1ccc(F)cc1)S(=O)(=O)N(C)C. The highest BCUT2D eigenvalue weighted by Crippen LogP contribution is 2.21. The molecule has 0 unspecified atom stereocenters. The van der Waals surface area contributed by atoms with Crippen LogP contribution < -0.4 is 9.62 Å². The molecule has 2 aromatic rings. The zero-order chi connectivity index (χ0) is 24.8. The molecular formula is C22H28BrFN4O4S. The molecule has 0 aliphatic carbocycles. The lowest BCUT2D eigenvalue weighted by atomic mass is 10.1. The van der Waals surface area contributed by atoms with Gasteiger partial charge in [0.1, 0.15) is 18.4 Å². The highest BCUT2D eigenvalue weighted by molar-refractivity contribution is 9.10. The van der Waals surface area contributed by atoms with Crippen molar-refractivity contribution >= 4 is 43.6 Å². The molecule has 0 fully saturated rings. The van der Waals surface area contributed by atoms with E-state index in [1.54, 1.807) is 13.8 Å². The molecule has 1 N–H and O–H groups in total. The summed E-state index contributed by atoms with van der Waals surface area (Å²) >= 11 is 3.36. The summed E-state index contributed by atoms with van der Waals surface area (Å²) < 4.78 is 42.1. The molecular weight excluding hydrogens is 515 g/mol. The Bertz CT molecular complexity index is 1060. The Morgan fingerprint density at radius 2 is 1.64 bits per heavy atom. The first kappa shape index (κ1) is 26.7. The summed E-state index contributed by atoms with van der Waals surface area (Å²) in [6.07, 6.45) is 0. The lowest BCUT2D eigenvalue weighted by Gasteiger charge is -2.32. The molecule has 11 heteroatoms. The van der Waals surface area contributed by atoms with Gasteiger partial charge in [0.05, 0.1) is 5.69 Å². The van der Waals surface area contributed by atoms with Crippen molar-refractivity contribution < 1.29 is 22.4 Å². The van der Waals surface area contributed by atoms with Crippen molar-refractivity contribution in [3.8, 4) is 0 Å². The molecule has 33 heavy (non-hydrogen) atoms. The van der Waals surface area contributed by atoms with Gasteiger partial charge in [-0.25, -0.2) is 8.70 Å². The standard InChI is InChI=1S/C22H28BrFN4O4S/c1-5-25-22(30)16(2)27(14-17-6-8-18(23)9-7-17)21(29)15-28(33(31,32)26(3)4)20-12-10-19(24)11-13-20/h6-13,16H,5,14-15H2,1-4H3,(H,25,30)/t16-/m1/s1. The molecule has 0 aromatic heterocycles. The molecule has 180 valence electrons. The molecule has 2 aromatic carbocycles. The Morgan fingerprint density at radius 3 is 2.15 bits per heavy atom. The van der Waals surface area contributed by atoms with Gasteiger partial charge in [-0.3, -0.25) is 9.59 Å². The predicted molar refractivity (Wildman–Crippen MR) is 129 cm³/mol. The van der Waals surface area contributed by atoms with Crippen LogP contribution in [0.15, 0.2) is 53.0 Å². The van der Waals surface area contributed by atoms with Gasteiger partial charge in [-0.2, -0.15) is 12.7 Å². The van der Waals surface area contributed by atoms with Crippen LogP contribution in [0.3, 0.4) is 0 Å². The van der Waals surface area contributed by atoms with Crippen molar-refractivity contribution in [2.24, 2.45) is 0 Å². The maximum atomic E-state index is 13.4. The van der Waals surface area contributed by atoms with E-state index >= 15 is 0 Å². The smallest absolute Gasteiger partial charge is 0.304 e. The maximum absolute atomic E-state index is 13.4. The second-order valence-corrected chi connectivity index (χ2v) is 10.5. The molecule has 0 saturated heterocycles. The van der Waals surface area contributed by atoms with Crippen LogP contribution in [0, 0.1) is 5.82 Å². The van der Waals surface area contributed by atoms with Gasteiger partial charge in [-0.1, -0.05) is 28.1 Å². The largest absolute Gasteiger partial charge is 0.355 e. The van der Waals surface area contributed by atoms with Gasteiger partial charge in [0.15, 0.2) is 0 Å². The van der Waals surface area contributed by atoms with Crippen LogP contribution in [0.25, 0.3) is 0 Å². The normalized spacial score (nSPS) is 12.3. The number of nitrogens with one attached hydrogen (secondary N) is 1. The molecule has 0 radical (unpaired) electrons. The van der Waals surface area contributed by atoms with E-state index in [0.29, 0.717) is 6.54 Å². The predicted octanol–water partition coefficient (Wildman–Crippen LogP) is 2.75. The van der Waals surface area contributed by atoms with Gasteiger partial charge in [0, 0.05) is 31.7 Å². The average Bonchev–Trinajstić information content (AvgIpc) is 2.77. The highest BCUT2D eigenvalue weighted by atomic mass is 79.9. The van der Waals surface area contributed by atoms with Gasteiger partial charge < -0.3 is 10.2 Å². The van der Waals surface area contributed by atoms with E-state index in [2.05, 4.69) is 21.2 Å². The summed E-state index contributed by atoms with van der Waals surface area (Å²) in [5, 5.41) is 2.69. The van der Waals surface area contributed by atoms with E-state index in [-0.39, 0.29) is 18.1 Å². The minimum absolute atomic E-state index is 0.101. The number of likely N-dealkylation sites (N-methyl/N-ethyl adjacent to an activating group) is 1. The summed E-state index contributed by atoms with van der Waals surface area (Å²) in [6, 6.07) is 11.2. The quantitative estimate of drug-likeness (QED) is 0.499. The van der Waals surface area contributed by atoms with E-state index in [0.717, 1.165) is 30.8 Å². The van der Waals surface area contributed by atoms with Crippen LogP contribution in [0.1, 0.15) is 19.4 Å². The number of carbonyl (C=O) groups is 2. The zero-order valence-corrected chi connectivity index (χ0v) is 21.4. The lowest BCUT2D eigenvalue weighted by Crippen LogP contribution is -2.52. The Kier molecular flexibility index (Phi) is 9.38. The molecule has 0 bridgehead atoms. The van der Waals surface area contributed by atoms with Crippen LogP contribution in [-0.2, 0) is 26.3 Å². The summed E-state index contributed by atoms with van der Waals surface area (Å²) in [5.74, 6) is -1.47. The summed E-state index contributed by atoms with van der Waals surface area (Å²) in [6.45, 7) is 3.28. The number of hydrogen-bond acceptors (Lipinski definition) is 4. The number of hydrogen-bond donors (Lipinski definition) is 1. The number of halogens is 2. The van der Waals surface area contributed by atoms with Crippen molar-refractivity contribution in [2.75, 3.05) is 31.5 Å². The second-order valence-electron chi connectivity index (χ2n) is 7.49. The van der Waals surface area contributed by atoms with Crippen LogP contribution in [0.5, 0.6) is 0 Å². The van der Waals surface area contributed by atoms with Gasteiger partial charge in [-0.15, -0.1) is 0 Å².